The molecule has 0 aliphatic carbocycles. The van der Waals surface area contributed by atoms with Crippen LogP contribution in [0.2, 0.25) is 0 Å². The second kappa shape index (κ2) is 3.15. The van der Waals surface area contributed by atoms with Gasteiger partial charge in [-0.25, -0.2) is 0 Å². The predicted molar refractivity (Wildman–Crippen MR) is 35.9 cm³/mol. The van der Waals surface area contributed by atoms with E-state index in [4.69, 9.17) is 0 Å². The van der Waals surface area contributed by atoms with Gasteiger partial charge in [-0.05, 0) is 19.9 Å². The van der Waals surface area contributed by atoms with Crippen LogP contribution in [0.15, 0.2) is 0 Å². The summed E-state index contributed by atoms with van der Waals surface area (Å²) in [5.41, 5.74) is 0. The molecule has 2 N–H and O–H groups in total. The molecule has 1 aliphatic rings. The molecule has 0 spiro atoms. The van der Waals surface area contributed by atoms with Gasteiger partial charge in [0.25, 0.3) is 0 Å². The molecule has 0 radical (unpaired) electrons. The van der Waals surface area contributed by atoms with Gasteiger partial charge in [0.15, 0.2) is 6.35 Å². The number of aliphatic hydroxyl groups is 1. The van der Waals surface area contributed by atoms with E-state index in [1.54, 1.807) is 7.05 Å². The minimum absolute atomic E-state index is 0.424. The summed E-state index contributed by atoms with van der Waals surface area (Å²) in [7, 11) is 1.77. The lowest BCUT2D eigenvalue weighted by Crippen LogP contribution is -2.41. The Morgan fingerprint density at radius 2 is 2.00 bits per heavy atom. The van der Waals surface area contributed by atoms with E-state index in [9.17, 15) is 5.11 Å². The third-order valence-electron chi connectivity index (χ3n) is 1.74. The molecule has 0 saturated carbocycles. The van der Waals surface area contributed by atoms with Crippen molar-refractivity contribution in [2.24, 2.45) is 0 Å². The average Bonchev–Trinajstić information content (AvgIpc) is 2.37. The normalized spacial score (nSPS) is 24.7. The van der Waals surface area contributed by atoms with Crippen LogP contribution in [0.4, 0.5) is 0 Å². The first kappa shape index (κ1) is 6.99. The van der Waals surface area contributed by atoms with Gasteiger partial charge < -0.3 is 5.11 Å². The maximum atomic E-state index is 9.17. The lowest BCUT2D eigenvalue weighted by Gasteiger charge is -2.20. The molecule has 1 aliphatic heterocycles. The zero-order valence-corrected chi connectivity index (χ0v) is 5.80. The summed E-state index contributed by atoms with van der Waals surface area (Å²) in [6.07, 6.45) is 2.02. The number of aliphatic hydroxyl groups excluding tert-OH is 1. The van der Waals surface area contributed by atoms with Crippen LogP contribution in [0.1, 0.15) is 12.8 Å². The summed E-state index contributed by atoms with van der Waals surface area (Å²) < 4.78 is 0. The number of likely N-dealkylation sites (tertiary alicyclic amines) is 1. The predicted octanol–water partition coefficient (Wildman–Crippen LogP) is -0.423. The van der Waals surface area contributed by atoms with Gasteiger partial charge in [-0.2, -0.15) is 0 Å². The zero-order valence-electron chi connectivity index (χ0n) is 5.80. The molecule has 0 bridgehead atoms. The highest BCUT2D eigenvalue weighted by Gasteiger charge is 2.16. The van der Waals surface area contributed by atoms with Crippen LogP contribution in [0, 0.1) is 0 Å². The third-order valence-corrected chi connectivity index (χ3v) is 1.74. The molecular weight excluding hydrogens is 116 g/mol. The van der Waals surface area contributed by atoms with Gasteiger partial charge in [0.1, 0.15) is 0 Å². The van der Waals surface area contributed by atoms with Gasteiger partial charge in [0.2, 0.25) is 0 Å². The van der Waals surface area contributed by atoms with Gasteiger partial charge in [-0.1, -0.05) is 0 Å². The summed E-state index contributed by atoms with van der Waals surface area (Å²) >= 11 is 0. The maximum absolute atomic E-state index is 9.17. The van der Waals surface area contributed by atoms with E-state index < -0.39 is 6.35 Å². The van der Waals surface area contributed by atoms with Crippen LogP contribution >= 0.6 is 0 Å². The Hall–Kier alpha value is -0.120. The second-order valence-corrected chi connectivity index (χ2v) is 2.41. The molecule has 1 fully saturated rings. The molecule has 1 unspecified atom stereocenters. The minimum Gasteiger partial charge on any atom is -0.365 e. The van der Waals surface area contributed by atoms with Gasteiger partial charge in [0, 0.05) is 13.1 Å². The summed E-state index contributed by atoms with van der Waals surface area (Å²) in [6.45, 7) is 2.06. The summed E-state index contributed by atoms with van der Waals surface area (Å²) in [4.78, 5) is 2.03. The number of hydrogen-bond acceptors (Lipinski definition) is 3. The Labute approximate surface area is 55.7 Å². The Balaban J connectivity index is 2.24. The van der Waals surface area contributed by atoms with E-state index in [1.165, 1.54) is 12.8 Å². The van der Waals surface area contributed by atoms with Gasteiger partial charge >= 0.3 is 0 Å². The van der Waals surface area contributed by atoms with Crippen LogP contribution < -0.4 is 5.32 Å². The molecule has 1 heterocycles. The van der Waals surface area contributed by atoms with Crippen LogP contribution in [-0.2, 0) is 0 Å². The topological polar surface area (TPSA) is 35.5 Å². The second-order valence-electron chi connectivity index (χ2n) is 2.41. The van der Waals surface area contributed by atoms with Crippen molar-refractivity contribution in [2.45, 2.75) is 19.2 Å². The molecule has 54 valence electrons. The number of hydrogen-bond donors (Lipinski definition) is 2. The monoisotopic (exact) mass is 130 g/mol. The van der Waals surface area contributed by atoms with Crippen molar-refractivity contribution in [1.29, 1.82) is 0 Å². The van der Waals surface area contributed by atoms with Crippen molar-refractivity contribution in [3.05, 3.63) is 0 Å². The Kier molecular flexibility index (Phi) is 2.45. The average molecular weight is 130 g/mol. The van der Waals surface area contributed by atoms with E-state index in [0.29, 0.717) is 0 Å². The number of rotatable bonds is 2. The highest BCUT2D eigenvalue weighted by atomic mass is 16.3. The molecule has 1 rings (SSSR count). The standard InChI is InChI=1S/C6H14N2O/c1-7-6(9)8-4-2-3-5-8/h6-7,9H,2-5H2,1H3. The van der Waals surface area contributed by atoms with E-state index in [1.807, 2.05) is 4.90 Å². The molecule has 0 aromatic heterocycles. The SMILES string of the molecule is CNC(O)N1CCCC1. The first-order valence-electron chi connectivity index (χ1n) is 3.44. The third kappa shape index (κ3) is 1.64. The van der Waals surface area contributed by atoms with E-state index >= 15 is 0 Å². The quantitative estimate of drug-likeness (QED) is 0.498. The maximum Gasteiger partial charge on any atom is 0.162 e. The molecule has 3 nitrogen and oxygen atoms in total. The van der Waals surface area contributed by atoms with E-state index in [0.717, 1.165) is 13.1 Å². The lowest BCUT2D eigenvalue weighted by molar-refractivity contribution is -0.000864. The Bertz CT molecular complexity index is 81.1. The van der Waals surface area contributed by atoms with Crippen molar-refractivity contribution in [3.63, 3.8) is 0 Å². The lowest BCUT2D eigenvalue weighted by atomic mass is 10.4. The van der Waals surface area contributed by atoms with Crippen LogP contribution in [0.5, 0.6) is 0 Å². The molecule has 3 heteroatoms. The van der Waals surface area contributed by atoms with Crippen molar-refractivity contribution in [2.75, 3.05) is 20.1 Å². The largest absolute Gasteiger partial charge is 0.365 e. The van der Waals surface area contributed by atoms with Crippen molar-refractivity contribution < 1.29 is 5.11 Å². The van der Waals surface area contributed by atoms with Crippen molar-refractivity contribution >= 4 is 0 Å². The summed E-state index contributed by atoms with van der Waals surface area (Å²) in [5, 5.41) is 12.0. The molecule has 0 aromatic carbocycles. The molecule has 0 aromatic rings. The van der Waals surface area contributed by atoms with Gasteiger partial charge in [0.05, 0.1) is 0 Å². The Morgan fingerprint density at radius 1 is 1.44 bits per heavy atom. The van der Waals surface area contributed by atoms with Crippen LogP contribution in [-0.4, -0.2) is 36.5 Å². The minimum atomic E-state index is -0.424. The number of nitrogens with one attached hydrogen (secondary N) is 1. The molecular formula is C6H14N2O. The highest BCUT2D eigenvalue weighted by Crippen LogP contribution is 2.07. The number of nitrogens with zero attached hydrogens (tertiary/aromatic N) is 1. The highest BCUT2D eigenvalue weighted by molar-refractivity contribution is 4.66. The fourth-order valence-corrected chi connectivity index (χ4v) is 1.17. The molecule has 1 atom stereocenters. The molecule has 1 saturated heterocycles. The van der Waals surface area contributed by atoms with Gasteiger partial charge in [-0.15, -0.1) is 0 Å². The first-order chi connectivity index (χ1) is 4.34. The van der Waals surface area contributed by atoms with E-state index in [2.05, 4.69) is 5.32 Å². The molecule has 9 heavy (non-hydrogen) atoms. The van der Waals surface area contributed by atoms with Crippen molar-refractivity contribution in [3.8, 4) is 0 Å². The molecule has 0 amide bonds. The summed E-state index contributed by atoms with van der Waals surface area (Å²) in [5.74, 6) is 0. The van der Waals surface area contributed by atoms with Crippen molar-refractivity contribution in [1.82, 2.24) is 10.2 Å². The van der Waals surface area contributed by atoms with E-state index in [-0.39, 0.29) is 0 Å². The fourth-order valence-electron chi connectivity index (χ4n) is 1.17. The smallest absolute Gasteiger partial charge is 0.162 e. The van der Waals surface area contributed by atoms with Crippen LogP contribution in [0.3, 0.4) is 0 Å². The summed E-state index contributed by atoms with van der Waals surface area (Å²) in [6, 6.07) is 0. The Morgan fingerprint density at radius 3 is 2.44 bits per heavy atom. The fraction of sp³-hybridized carbons (Fsp3) is 1.00. The first-order valence-corrected chi connectivity index (χ1v) is 3.44. The van der Waals surface area contributed by atoms with Gasteiger partial charge in [-0.3, -0.25) is 10.2 Å². The van der Waals surface area contributed by atoms with Crippen LogP contribution in [0.25, 0.3) is 0 Å². The zero-order chi connectivity index (χ0) is 6.69.